The van der Waals surface area contributed by atoms with Crippen molar-refractivity contribution in [2.75, 3.05) is 17.1 Å². The summed E-state index contributed by atoms with van der Waals surface area (Å²) in [5.41, 5.74) is 1.57. The lowest BCUT2D eigenvalue weighted by molar-refractivity contribution is 0.482. The second-order valence-corrected chi connectivity index (χ2v) is 8.02. The Bertz CT molecular complexity index is 1250. The minimum atomic E-state index is -3.71. The summed E-state index contributed by atoms with van der Waals surface area (Å²) >= 11 is 0. The van der Waals surface area contributed by atoms with Crippen molar-refractivity contribution in [3.63, 3.8) is 0 Å². The summed E-state index contributed by atoms with van der Waals surface area (Å²) in [5.74, 6) is 0.396. The molecule has 0 unspecified atom stereocenters. The maximum atomic E-state index is 13.2. The molecule has 0 amide bonds. The summed E-state index contributed by atoms with van der Waals surface area (Å²) < 4.78 is 46.7. The average Bonchev–Trinajstić information content (AvgIpc) is 2.72. The Morgan fingerprint density at radius 2 is 1.83 bits per heavy atom. The Morgan fingerprint density at radius 3 is 2.47 bits per heavy atom. The molecular weight excluding hydrogens is 409 g/mol. The van der Waals surface area contributed by atoms with Crippen molar-refractivity contribution in [2.24, 2.45) is 7.05 Å². The van der Waals surface area contributed by atoms with E-state index >= 15 is 0 Å². The number of anilines is 2. The topological polar surface area (TPSA) is 89.4 Å². The van der Waals surface area contributed by atoms with E-state index in [0.717, 1.165) is 5.41 Å². The molecule has 0 radical (unpaired) electrons. The largest absolute Gasteiger partial charge is 0.457 e. The van der Waals surface area contributed by atoms with Crippen molar-refractivity contribution >= 4 is 21.4 Å². The number of ether oxygens (including phenoxy) is 1. The van der Waals surface area contributed by atoms with Gasteiger partial charge in [0.1, 0.15) is 23.0 Å². The Morgan fingerprint density at radius 1 is 1.13 bits per heavy atom. The molecule has 1 heterocycles. The molecule has 0 saturated carbocycles. The SMILES string of the molecule is C=CS(=O)(=O)Nc1ccc(Oc2ccc(F)cc2)c(-c2cc(NC)c(=O)n(C)c2)c1. The molecule has 0 atom stereocenters. The second-order valence-electron chi connectivity index (χ2n) is 6.39. The van der Waals surface area contributed by atoms with Gasteiger partial charge in [0.2, 0.25) is 0 Å². The molecule has 2 N–H and O–H groups in total. The summed E-state index contributed by atoms with van der Waals surface area (Å²) in [6, 6.07) is 11.8. The normalized spacial score (nSPS) is 11.0. The highest BCUT2D eigenvalue weighted by atomic mass is 32.2. The third-order valence-electron chi connectivity index (χ3n) is 4.26. The van der Waals surface area contributed by atoms with Crippen molar-refractivity contribution in [3.8, 4) is 22.6 Å². The zero-order valence-electron chi connectivity index (χ0n) is 16.3. The van der Waals surface area contributed by atoms with Crippen LogP contribution in [0.5, 0.6) is 11.5 Å². The van der Waals surface area contributed by atoms with Crippen LogP contribution in [0.4, 0.5) is 15.8 Å². The first-order chi connectivity index (χ1) is 14.2. The van der Waals surface area contributed by atoms with Crippen molar-refractivity contribution < 1.29 is 17.5 Å². The van der Waals surface area contributed by atoms with E-state index < -0.39 is 15.8 Å². The smallest absolute Gasteiger partial charge is 0.273 e. The van der Waals surface area contributed by atoms with E-state index in [-0.39, 0.29) is 11.2 Å². The molecule has 0 aliphatic heterocycles. The van der Waals surface area contributed by atoms with Gasteiger partial charge in [0.05, 0.1) is 0 Å². The van der Waals surface area contributed by atoms with Crippen LogP contribution in [0, 0.1) is 5.82 Å². The van der Waals surface area contributed by atoms with Gasteiger partial charge in [-0.15, -0.1) is 0 Å². The number of benzene rings is 2. The lowest BCUT2D eigenvalue weighted by Crippen LogP contribution is -2.19. The summed E-state index contributed by atoms with van der Waals surface area (Å²) in [4.78, 5) is 12.2. The monoisotopic (exact) mass is 429 g/mol. The van der Waals surface area contributed by atoms with Crippen LogP contribution in [0.2, 0.25) is 0 Å². The van der Waals surface area contributed by atoms with Gasteiger partial charge in [-0.2, -0.15) is 0 Å². The van der Waals surface area contributed by atoms with Crippen LogP contribution in [0.25, 0.3) is 11.1 Å². The minimum Gasteiger partial charge on any atom is -0.457 e. The average molecular weight is 429 g/mol. The molecule has 3 rings (SSSR count). The van der Waals surface area contributed by atoms with Gasteiger partial charge in [-0.25, -0.2) is 12.8 Å². The number of aryl methyl sites for hydroxylation is 1. The number of sulfonamides is 1. The lowest BCUT2D eigenvalue weighted by atomic mass is 10.0. The van der Waals surface area contributed by atoms with Crippen LogP contribution >= 0.6 is 0 Å². The molecule has 0 fully saturated rings. The lowest BCUT2D eigenvalue weighted by Gasteiger charge is -2.15. The highest BCUT2D eigenvalue weighted by Crippen LogP contribution is 2.36. The number of hydrogen-bond acceptors (Lipinski definition) is 5. The molecule has 2 aromatic carbocycles. The highest BCUT2D eigenvalue weighted by Gasteiger charge is 2.14. The molecule has 0 spiro atoms. The fraction of sp³-hybridized carbons (Fsp3) is 0.0952. The number of pyridine rings is 1. The van der Waals surface area contributed by atoms with Crippen LogP contribution in [0.15, 0.2) is 71.5 Å². The van der Waals surface area contributed by atoms with Crippen LogP contribution in [-0.4, -0.2) is 20.0 Å². The fourth-order valence-electron chi connectivity index (χ4n) is 2.78. The van der Waals surface area contributed by atoms with E-state index in [2.05, 4.69) is 16.6 Å². The predicted octanol–water partition coefficient (Wildman–Crippen LogP) is 3.91. The van der Waals surface area contributed by atoms with Gasteiger partial charge in [0, 0.05) is 42.5 Å². The predicted molar refractivity (Wildman–Crippen MR) is 116 cm³/mol. The maximum absolute atomic E-state index is 13.2. The maximum Gasteiger partial charge on any atom is 0.273 e. The van der Waals surface area contributed by atoms with Crippen molar-refractivity contribution in [2.45, 2.75) is 0 Å². The van der Waals surface area contributed by atoms with Crippen LogP contribution in [-0.2, 0) is 17.1 Å². The van der Waals surface area contributed by atoms with Crippen LogP contribution in [0.1, 0.15) is 0 Å². The van der Waals surface area contributed by atoms with E-state index in [0.29, 0.717) is 28.3 Å². The zero-order chi connectivity index (χ0) is 21.9. The van der Waals surface area contributed by atoms with Gasteiger partial charge < -0.3 is 14.6 Å². The summed E-state index contributed by atoms with van der Waals surface area (Å²) in [6.45, 7) is 3.28. The third kappa shape index (κ3) is 4.69. The molecular formula is C21H20FN3O4S. The number of nitrogens with one attached hydrogen (secondary N) is 2. The molecule has 9 heteroatoms. The molecule has 3 aromatic rings. The molecule has 0 aliphatic carbocycles. The summed E-state index contributed by atoms with van der Waals surface area (Å²) in [6.07, 6.45) is 1.61. The molecule has 1 aromatic heterocycles. The molecule has 0 bridgehead atoms. The van der Waals surface area contributed by atoms with E-state index in [1.807, 2.05) is 0 Å². The Kier molecular flexibility index (Phi) is 5.93. The first-order valence-corrected chi connectivity index (χ1v) is 10.4. The molecule has 156 valence electrons. The van der Waals surface area contributed by atoms with Crippen molar-refractivity contribution in [3.05, 3.63) is 82.9 Å². The molecule has 7 nitrogen and oxygen atoms in total. The number of hydrogen-bond donors (Lipinski definition) is 2. The molecule has 0 aliphatic rings. The van der Waals surface area contributed by atoms with Gasteiger partial charge in [-0.3, -0.25) is 9.52 Å². The van der Waals surface area contributed by atoms with Crippen LogP contribution < -0.4 is 20.3 Å². The fourth-order valence-corrected chi connectivity index (χ4v) is 3.32. The first-order valence-electron chi connectivity index (χ1n) is 8.84. The number of halogens is 1. The quantitative estimate of drug-likeness (QED) is 0.594. The second kappa shape index (κ2) is 8.42. The first kappa shape index (κ1) is 21.1. The van der Waals surface area contributed by atoms with E-state index in [1.54, 1.807) is 38.5 Å². The molecule has 0 saturated heterocycles. The number of nitrogens with zero attached hydrogens (tertiary/aromatic N) is 1. The number of aromatic nitrogens is 1. The summed E-state index contributed by atoms with van der Waals surface area (Å²) in [7, 11) is -0.473. The van der Waals surface area contributed by atoms with Gasteiger partial charge >= 0.3 is 0 Å². The molecule has 30 heavy (non-hydrogen) atoms. The zero-order valence-corrected chi connectivity index (χ0v) is 17.2. The summed E-state index contributed by atoms with van der Waals surface area (Å²) in [5, 5.41) is 3.65. The Balaban J connectivity index is 2.15. The minimum absolute atomic E-state index is 0.217. The van der Waals surface area contributed by atoms with E-state index in [1.165, 1.54) is 34.9 Å². The van der Waals surface area contributed by atoms with Gasteiger partial charge in [-0.1, -0.05) is 6.58 Å². The van der Waals surface area contributed by atoms with Gasteiger partial charge in [-0.05, 0) is 48.5 Å². The number of rotatable bonds is 7. The third-order valence-corrected chi connectivity index (χ3v) is 5.22. The van der Waals surface area contributed by atoms with Crippen molar-refractivity contribution in [1.82, 2.24) is 4.57 Å². The standard InChI is InChI=1S/C21H20FN3O4S/c1-4-30(27,28)24-16-7-10-20(29-17-8-5-15(22)6-9-17)18(12-16)14-11-19(23-2)21(26)25(3)13-14/h4-13,23-24H,1H2,2-3H3. The Labute approximate surface area is 173 Å². The highest BCUT2D eigenvalue weighted by molar-refractivity contribution is 7.95. The van der Waals surface area contributed by atoms with Crippen molar-refractivity contribution in [1.29, 1.82) is 0 Å². The van der Waals surface area contributed by atoms with Crippen LogP contribution in [0.3, 0.4) is 0 Å². The van der Waals surface area contributed by atoms with Gasteiger partial charge in [0.15, 0.2) is 0 Å². The van der Waals surface area contributed by atoms with E-state index in [9.17, 15) is 17.6 Å². The Hall–Kier alpha value is -3.59. The van der Waals surface area contributed by atoms with E-state index in [4.69, 9.17) is 4.74 Å². The van der Waals surface area contributed by atoms with Gasteiger partial charge in [0.25, 0.3) is 15.6 Å².